The quantitative estimate of drug-likeness (QED) is 0.651. The van der Waals surface area contributed by atoms with Crippen LogP contribution < -0.4 is 0 Å². The number of phenols is 2. The molecule has 2 aromatic rings. The van der Waals surface area contributed by atoms with Gasteiger partial charge in [-0.2, -0.15) is 26.3 Å². The predicted molar refractivity (Wildman–Crippen MR) is 89.3 cm³/mol. The average Bonchev–Trinajstić information content (AvgIpc) is 2.55. The second kappa shape index (κ2) is 6.68. The van der Waals surface area contributed by atoms with Crippen LogP contribution in [0, 0.1) is 0 Å². The van der Waals surface area contributed by atoms with E-state index < -0.39 is 40.4 Å². The highest BCUT2D eigenvalue weighted by Crippen LogP contribution is 2.57. The summed E-state index contributed by atoms with van der Waals surface area (Å²) in [5, 5.41) is 19.2. The molecule has 0 saturated carbocycles. The first-order valence-corrected chi connectivity index (χ1v) is 7.45. The second-order valence-corrected chi connectivity index (χ2v) is 5.70. The van der Waals surface area contributed by atoms with Crippen LogP contribution in [0.15, 0.2) is 49.6 Å². The van der Waals surface area contributed by atoms with Crippen LogP contribution >= 0.6 is 0 Å². The van der Waals surface area contributed by atoms with E-state index in [1.54, 1.807) is 0 Å². The molecule has 27 heavy (non-hydrogen) atoms. The number of halogens is 6. The van der Waals surface area contributed by atoms with Crippen molar-refractivity contribution in [2.24, 2.45) is 0 Å². The van der Waals surface area contributed by atoms with Crippen molar-refractivity contribution in [3.8, 4) is 11.5 Å². The fraction of sp³-hybridized carbons (Fsp3) is 0.158. The van der Waals surface area contributed by atoms with Gasteiger partial charge in [0, 0.05) is 11.1 Å². The predicted octanol–water partition coefficient (Wildman–Crippen LogP) is 5.79. The Morgan fingerprint density at radius 2 is 1.00 bits per heavy atom. The molecule has 2 nitrogen and oxygen atoms in total. The molecule has 0 fully saturated rings. The summed E-state index contributed by atoms with van der Waals surface area (Å²) >= 11 is 0. The minimum Gasteiger partial charge on any atom is -0.507 e. The Morgan fingerprint density at radius 1 is 0.667 bits per heavy atom. The first-order chi connectivity index (χ1) is 12.4. The van der Waals surface area contributed by atoms with Gasteiger partial charge >= 0.3 is 12.4 Å². The van der Waals surface area contributed by atoms with Crippen molar-refractivity contribution in [1.29, 1.82) is 0 Å². The molecule has 0 unspecified atom stereocenters. The van der Waals surface area contributed by atoms with E-state index >= 15 is 0 Å². The van der Waals surface area contributed by atoms with E-state index in [2.05, 4.69) is 13.2 Å². The number of phenolic OH excluding ortho intramolecular Hbond substituents is 2. The summed E-state index contributed by atoms with van der Waals surface area (Å²) in [5.41, 5.74) is -7.25. The lowest BCUT2D eigenvalue weighted by atomic mass is 9.72. The van der Waals surface area contributed by atoms with E-state index in [4.69, 9.17) is 0 Å². The van der Waals surface area contributed by atoms with E-state index in [-0.39, 0.29) is 11.1 Å². The van der Waals surface area contributed by atoms with Crippen molar-refractivity contribution in [3.05, 3.63) is 71.8 Å². The minimum absolute atomic E-state index is 0.284. The van der Waals surface area contributed by atoms with Gasteiger partial charge in [0.05, 0.1) is 0 Å². The summed E-state index contributed by atoms with van der Waals surface area (Å²) in [4.78, 5) is 0. The van der Waals surface area contributed by atoms with Crippen LogP contribution in [0.3, 0.4) is 0 Å². The minimum atomic E-state index is -5.78. The number of aromatic hydroxyl groups is 2. The zero-order valence-corrected chi connectivity index (χ0v) is 13.7. The molecule has 2 N–H and O–H groups in total. The zero-order chi connectivity index (χ0) is 20.6. The van der Waals surface area contributed by atoms with Crippen molar-refractivity contribution >= 4 is 12.2 Å². The van der Waals surface area contributed by atoms with Crippen LogP contribution in [0.5, 0.6) is 11.5 Å². The molecule has 0 aliphatic rings. The average molecular weight is 388 g/mol. The second-order valence-electron chi connectivity index (χ2n) is 5.70. The van der Waals surface area contributed by atoms with Gasteiger partial charge in [-0.15, -0.1) is 0 Å². The van der Waals surface area contributed by atoms with E-state index in [9.17, 15) is 36.6 Å². The molecule has 2 aromatic carbocycles. The van der Waals surface area contributed by atoms with Crippen LogP contribution in [0.25, 0.3) is 12.2 Å². The molecule has 8 heteroatoms. The van der Waals surface area contributed by atoms with E-state index in [1.807, 2.05) is 0 Å². The molecule has 0 bridgehead atoms. The maximum Gasteiger partial charge on any atom is 0.411 e. The normalized spacial score (nSPS) is 12.7. The summed E-state index contributed by atoms with van der Waals surface area (Å²) in [7, 11) is 0. The Morgan fingerprint density at radius 3 is 1.26 bits per heavy atom. The van der Waals surface area contributed by atoms with Gasteiger partial charge in [0.25, 0.3) is 0 Å². The third kappa shape index (κ3) is 3.15. The van der Waals surface area contributed by atoms with Gasteiger partial charge in [0.15, 0.2) is 0 Å². The fourth-order valence-electron chi connectivity index (χ4n) is 2.88. The molecule has 0 spiro atoms. The lowest BCUT2D eigenvalue weighted by Crippen LogP contribution is -2.54. The van der Waals surface area contributed by atoms with Crippen molar-refractivity contribution < 1.29 is 36.6 Å². The van der Waals surface area contributed by atoms with Crippen LogP contribution in [-0.4, -0.2) is 22.6 Å². The molecule has 0 aromatic heterocycles. The molecule has 0 saturated heterocycles. The molecule has 0 amide bonds. The molecular weight excluding hydrogens is 374 g/mol. The molecule has 0 aliphatic heterocycles. The SMILES string of the molecule is C=Cc1cc(C(c2ccc(O)c(C=C)c2)(C(F)(F)F)C(F)(F)F)ccc1O. The van der Waals surface area contributed by atoms with E-state index in [0.717, 1.165) is 24.3 Å². The van der Waals surface area contributed by atoms with Gasteiger partial charge in [-0.05, 0) is 35.4 Å². The Labute approximate surface area is 150 Å². The maximum absolute atomic E-state index is 14.0. The van der Waals surface area contributed by atoms with Crippen molar-refractivity contribution in [2.75, 3.05) is 0 Å². The molecule has 0 radical (unpaired) electrons. The van der Waals surface area contributed by atoms with Crippen LogP contribution in [-0.2, 0) is 5.41 Å². The Balaban J connectivity index is 3.01. The highest BCUT2D eigenvalue weighted by atomic mass is 19.4. The molecule has 144 valence electrons. The summed E-state index contributed by atoms with van der Waals surface area (Å²) in [6.07, 6.45) is -9.67. The van der Waals surface area contributed by atoms with E-state index in [1.165, 1.54) is 0 Å². The summed E-state index contributed by atoms with van der Waals surface area (Å²) in [6.45, 7) is 6.56. The lowest BCUT2D eigenvalue weighted by Gasteiger charge is -2.38. The summed E-state index contributed by atoms with van der Waals surface area (Å²) < 4.78 is 84.1. The summed E-state index contributed by atoms with van der Waals surface area (Å²) in [5.74, 6) is -1.02. The molecule has 0 heterocycles. The molecular formula is C19H14F6O2. The number of hydrogen-bond donors (Lipinski definition) is 2. The third-order valence-corrected chi connectivity index (χ3v) is 4.21. The highest BCUT2D eigenvalue weighted by molar-refractivity contribution is 5.62. The van der Waals surface area contributed by atoms with Gasteiger partial charge in [0.1, 0.15) is 11.5 Å². The van der Waals surface area contributed by atoms with Crippen LogP contribution in [0.1, 0.15) is 22.3 Å². The van der Waals surface area contributed by atoms with Crippen molar-refractivity contribution in [2.45, 2.75) is 17.8 Å². The largest absolute Gasteiger partial charge is 0.507 e. The highest BCUT2D eigenvalue weighted by Gasteiger charge is 2.72. The van der Waals surface area contributed by atoms with Crippen molar-refractivity contribution in [3.63, 3.8) is 0 Å². The first kappa shape index (κ1) is 20.4. The standard InChI is InChI=1S/C19H14F6O2/c1-3-11-9-13(5-7-15(11)26)17(18(20,21)22,19(23,24)25)14-6-8-16(27)12(4-2)10-14/h3-10,26-27H,1-2H2. The number of alkyl halides is 6. The van der Waals surface area contributed by atoms with Crippen LogP contribution in [0.2, 0.25) is 0 Å². The number of benzene rings is 2. The lowest BCUT2D eigenvalue weighted by molar-refractivity contribution is -0.288. The fourth-order valence-corrected chi connectivity index (χ4v) is 2.88. The monoisotopic (exact) mass is 388 g/mol. The van der Waals surface area contributed by atoms with Crippen LogP contribution in [0.4, 0.5) is 26.3 Å². The van der Waals surface area contributed by atoms with Gasteiger partial charge in [-0.3, -0.25) is 0 Å². The van der Waals surface area contributed by atoms with Gasteiger partial charge in [0.2, 0.25) is 5.41 Å². The van der Waals surface area contributed by atoms with Gasteiger partial charge < -0.3 is 10.2 Å². The Bertz CT molecular complexity index is 807. The number of rotatable bonds is 4. The molecule has 0 atom stereocenters. The third-order valence-electron chi connectivity index (χ3n) is 4.21. The first-order valence-electron chi connectivity index (χ1n) is 7.45. The summed E-state index contributed by atoms with van der Waals surface area (Å²) in [6, 6.07) is 3.78. The van der Waals surface area contributed by atoms with Gasteiger partial charge in [-0.25, -0.2) is 0 Å². The van der Waals surface area contributed by atoms with Gasteiger partial charge in [-0.1, -0.05) is 37.4 Å². The maximum atomic E-state index is 14.0. The smallest absolute Gasteiger partial charge is 0.411 e. The number of hydrogen-bond acceptors (Lipinski definition) is 2. The zero-order valence-electron chi connectivity index (χ0n) is 13.7. The van der Waals surface area contributed by atoms with E-state index in [0.29, 0.717) is 24.3 Å². The topological polar surface area (TPSA) is 40.5 Å². The van der Waals surface area contributed by atoms with Crippen molar-refractivity contribution in [1.82, 2.24) is 0 Å². The Kier molecular flexibility index (Phi) is 5.05. The molecule has 2 rings (SSSR count). The molecule has 0 aliphatic carbocycles. The Hall–Kier alpha value is -2.90.